The zero-order valence-electron chi connectivity index (χ0n) is 10.8. The Morgan fingerprint density at radius 2 is 2.43 bits per heavy atom. The lowest BCUT2D eigenvalue weighted by atomic mass is 10.0. The lowest BCUT2D eigenvalue weighted by molar-refractivity contribution is -0.185. The lowest BCUT2D eigenvalue weighted by Crippen LogP contribution is -2.44. The lowest BCUT2D eigenvalue weighted by Gasteiger charge is -2.29. The number of hydrogen-bond donors (Lipinski definition) is 4. The number of aromatic nitrogens is 4. The van der Waals surface area contributed by atoms with Gasteiger partial charge in [-0.1, -0.05) is 0 Å². The number of imidazole rings is 1. The average Bonchev–Trinajstić information content (AvgIpc) is 3.09. The number of aromatic amines is 1. The average molecular weight is 295 g/mol. The summed E-state index contributed by atoms with van der Waals surface area (Å²) >= 11 is 0. The van der Waals surface area contributed by atoms with Gasteiger partial charge in [0.15, 0.2) is 17.4 Å². The van der Waals surface area contributed by atoms with Crippen LogP contribution < -0.4 is 11.3 Å². The fourth-order valence-electron chi connectivity index (χ4n) is 2.88. The normalized spacial score (nSPS) is 34.9. The van der Waals surface area contributed by atoms with E-state index in [-0.39, 0.29) is 30.3 Å². The van der Waals surface area contributed by atoms with E-state index in [1.54, 1.807) is 0 Å². The van der Waals surface area contributed by atoms with Gasteiger partial charge in [0, 0.05) is 0 Å². The molecule has 1 unspecified atom stereocenters. The zero-order valence-corrected chi connectivity index (χ0v) is 10.8. The van der Waals surface area contributed by atoms with Crippen molar-refractivity contribution >= 4 is 17.1 Å². The molecule has 4 heterocycles. The highest BCUT2D eigenvalue weighted by Crippen LogP contribution is 2.45. The largest absolute Gasteiger partial charge is 0.393 e. The summed E-state index contributed by atoms with van der Waals surface area (Å²) in [7, 11) is 0. The van der Waals surface area contributed by atoms with Crippen molar-refractivity contribution in [3.8, 4) is 0 Å². The quantitative estimate of drug-likeness (QED) is 0.484. The molecule has 10 nitrogen and oxygen atoms in total. The summed E-state index contributed by atoms with van der Waals surface area (Å²) in [6.45, 7) is -0.265. The van der Waals surface area contributed by atoms with Crippen LogP contribution in [0, 0.1) is 0 Å². The molecule has 4 atom stereocenters. The van der Waals surface area contributed by atoms with Crippen molar-refractivity contribution < 1.29 is 19.7 Å². The third kappa shape index (κ3) is 1.52. The minimum Gasteiger partial charge on any atom is -0.393 e. The van der Waals surface area contributed by atoms with Gasteiger partial charge < -0.3 is 25.4 Å². The van der Waals surface area contributed by atoms with E-state index < -0.39 is 29.6 Å². The van der Waals surface area contributed by atoms with Gasteiger partial charge in [-0.2, -0.15) is 4.98 Å². The van der Waals surface area contributed by atoms with Gasteiger partial charge in [0.05, 0.1) is 19.5 Å². The van der Waals surface area contributed by atoms with E-state index in [0.29, 0.717) is 0 Å². The van der Waals surface area contributed by atoms with Gasteiger partial charge in [-0.3, -0.25) is 14.3 Å². The minimum absolute atomic E-state index is 0.0456. The first-order chi connectivity index (χ1) is 10.1. The Hall–Kier alpha value is -2.01. The van der Waals surface area contributed by atoms with Crippen molar-refractivity contribution in [2.24, 2.45) is 0 Å². The number of nitrogens with one attached hydrogen (secondary N) is 1. The van der Waals surface area contributed by atoms with Crippen LogP contribution in [0.3, 0.4) is 0 Å². The molecular formula is C11H13N5O5. The molecule has 112 valence electrons. The molecule has 0 saturated carbocycles. The van der Waals surface area contributed by atoms with Crippen LogP contribution in [0.4, 0.5) is 5.95 Å². The summed E-state index contributed by atoms with van der Waals surface area (Å²) in [5.41, 5.74) is 4.27. The van der Waals surface area contributed by atoms with Gasteiger partial charge in [0.25, 0.3) is 5.56 Å². The van der Waals surface area contributed by atoms with Crippen LogP contribution in [0.2, 0.25) is 0 Å². The summed E-state index contributed by atoms with van der Waals surface area (Å²) in [4.78, 5) is 22.1. The molecule has 0 spiro atoms. The third-order valence-corrected chi connectivity index (χ3v) is 4.00. The molecule has 0 radical (unpaired) electrons. The molecular weight excluding hydrogens is 282 g/mol. The fourth-order valence-corrected chi connectivity index (χ4v) is 2.88. The fraction of sp³-hybridized carbons (Fsp3) is 0.545. The van der Waals surface area contributed by atoms with Crippen LogP contribution in [0.15, 0.2) is 11.1 Å². The minimum atomic E-state index is -1.15. The number of aliphatic hydroxyl groups is 2. The highest BCUT2D eigenvalue weighted by atomic mass is 16.7. The van der Waals surface area contributed by atoms with Crippen molar-refractivity contribution in [2.75, 3.05) is 18.9 Å². The summed E-state index contributed by atoms with van der Waals surface area (Å²) in [6.07, 6.45) is -1.00. The molecule has 2 aliphatic rings. The van der Waals surface area contributed by atoms with E-state index in [9.17, 15) is 15.0 Å². The molecule has 2 fully saturated rings. The second-order valence-corrected chi connectivity index (χ2v) is 5.23. The van der Waals surface area contributed by atoms with Crippen molar-refractivity contribution in [2.45, 2.75) is 24.0 Å². The predicted octanol–water partition coefficient (Wildman–Crippen LogP) is -2.28. The Bertz CT molecular complexity index is 772. The van der Waals surface area contributed by atoms with Gasteiger partial charge >= 0.3 is 0 Å². The number of rotatable bonds is 2. The van der Waals surface area contributed by atoms with Crippen molar-refractivity contribution in [1.29, 1.82) is 0 Å². The number of nitrogens with zero attached hydrogens (tertiary/aromatic N) is 3. The maximum atomic E-state index is 11.8. The number of nitrogens with two attached hydrogens (primary N) is 1. The van der Waals surface area contributed by atoms with E-state index in [0.717, 1.165) is 0 Å². The molecule has 2 aromatic rings. The Morgan fingerprint density at radius 3 is 3.14 bits per heavy atom. The predicted molar refractivity (Wildman–Crippen MR) is 68.2 cm³/mol. The Morgan fingerprint density at radius 1 is 1.62 bits per heavy atom. The molecule has 21 heavy (non-hydrogen) atoms. The molecule has 2 aromatic heterocycles. The van der Waals surface area contributed by atoms with Crippen LogP contribution >= 0.6 is 0 Å². The number of ether oxygens (including phenoxy) is 2. The standard InChI is InChI=1S/C11H13N5O5/c12-10-14-7-4(8(19)15-10)13-3-16(7)9-5-6(18)11(1-17,21-9)2-20-5/h3,5-6,9,17-18H,1-2H2,(H3,12,14,15,19)/t5?,6-,9-,11+/m1/s1. The van der Waals surface area contributed by atoms with Crippen LogP contribution in [-0.4, -0.2) is 60.8 Å². The smallest absolute Gasteiger partial charge is 0.280 e. The van der Waals surface area contributed by atoms with Crippen LogP contribution in [0.5, 0.6) is 0 Å². The molecule has 0 aliphatic carbocycles. The topological polar surface area (TPSA) is 149 Å². The Kier molecular flexibility index (Phi) is 2.43. The van der Waals surface area contributed by atoms with Crippen molar-refractivity contribution in [1.82, 2.24) is 19.5 Å². The number of fused-ring (bicyclic) bond motifs is 3. The summed E-state index contributed by atoms with van der Waals surface area (Å²) in [5.74, 6) is -0.0456. The number of aliphatic hydroxyl groups excluding tert-OH is 2. The van der Waals surface area contributed by atoms with Gasteiger partial charge in [0.2, 0.25) is 5.95 Å². The second-order valence-electron chi connectivity index (χ2n) is 5.23. The number of hydrogen-bond acceptors (Lipinski definition) is 8. The Labute approximate surface area is 117 Å². The van der Waals surface area contributed by atoms with Crippen LogP contribution in [0.1, 0.15) is 6.23 Å². The summed E-state index contributed by atoms with van der Waals surface area (Å²) < 4.78 is 12.7. The molecule has 5 N–H and O–H groups in total. The monoisotopic (exact) mass is 295 g/mol. The van der Waals surface area contributed by atoms with Crippen molar-refractivity contribution in [3.63, 3.8) is 0 Å². The first kappa shape index (κ1) is 12.7. The van der Waals surface area contributed by atoms with E-state index in [1.807, 2.05) is 0 Å². The maximum Gasteiger partial charge on any atom is 0.280 e. The van der Waals surface area contributed by atoms with Gasteiger partial charge in [-0.25, -0.2) is 4.98 Å². The van der Waals surface area contributed by atoms with E-state index in [2.05, 4.69) is 15.0 Å². The first-order valence-electron chi connectivity index (χ1n) is 6.36. The summed E-state index contributed by atoms with van der Waals surface area (Å²) in [6, 6.07) is 0. The van der Waals surface area contributed by atoms with Gasteiger partial charge in [0.1, 0.15) is 17.8 Å². The Balaban J connectivity index is 1.84. The van der Waals surface area contributed by atoms with E-state index >= 15 is 0 Å². The van der Waals surface area contributed by atoms with E-state index in [4.69, 9.17) is 15.2 Å². The number of nitrogen functional groups attached to an aromatic ring is 1. The summed E-state index contributed by atoms with van der Waals surface area (Å²) in [5, 5.41) is 19.6. The molecule has 4 rings (SSSR count). The van der Waals surface area contributed by atoms with Crippen molar-refractivity contribution in [3.05, 3.63) is 16.7 Å². The zero-order chi connectivity index (χ0) is 14.8. The van der Waals surface area contributed by atoms with Crippen LogP contribution in [0.25, 0.3) is 11.2 Å². The maximum absolute atomic E-state index is 11.8. The van der Waals surface area contributed by atoms with E-state index in [1.165, 1.54) is 10.9 Å². The molecule has 0 amide bonds. The second kappa shape index (κ2) is 4.01. The molecule has 2 saturated heterocycles. The molecule has 2 bridgehead atoms. The van der Waals surface area contributed by atoms with Gasteiger partial charge in [-0.05, 0) is 0 Å². The first-order valence-corrected chi connectivity index (χ1v) is 6.36. The highest BCUT2D eigenvalue weighted by molar-refractivity contribution is 5.70. The highest BCUT2D eigenvalue weighted by Gasteiger charge is 2.61. The van der Waals surface area contributed by atoms with Gasteiger partial charge in [-0.15, -0.1) is 0 Å². The van der Waals surface area contributed by atoms with Crippen LogP contribution in [-0.2, 0) is 9.47 Å². The number of anilines is 1. The SMILES string of the molecule is Nc1nc2c(ncn2[C@@H]2O[C@@]3(CO)COC2[C@H]3O)c(=O)[nH]1. The third-order valence-electron chi connectivity index (χ3n) is 4.00. The number of H-pyrrole nitrogens is 1. The molecule has 10 heteroatoms. The molecule has 0 aromatic carbocycles. The molecule has 2 aliphatic heterocycles.